The summed E-state index contributed by atoms with van der Waals surface area (Å²) in [6, 6.07) is 0. The number of carbonyl (C=O) groups is 6. The highest BCUT2D eigenvalue weighted by atomic mass is 32.1. The molecule has 222 valence electrons. The van der Waals surface area contributed by atoms with E-state index in [0.717, 1.165) is 0 Å². The zero-order valence-electron chi connectivity index (χ0n) is 21.2. The molecule has 7 N–H and O–H groups in total. The van der Waals surface area contributed by atoms with Crippen LogP contribution in [0.15, 0.2) is 37.2 Å². The minimum atomic E-state index is -1.53. The maximum Gasteiger partial charge on any atom is 0.323 e. The third kappa shape index (κ3) is 15.1. The molecular weight excluding hydrogens is 556 g/mol. The molecule has 18 heteroatoms. The van der Waals surface area contributed by atoms with Gasteiger partial charge in [-0.05, 0) is 0 Å². The normalized spacial score (nSPS) is 17.9. The van der Waals surface area contributed by atoms with Gasteiger partial charge in [0.2, 0.25) is 11.8 Å². The Kier molecular flexibility index (Phi) is 14.4. The van der Waals surface area contributed by atoms with E-state index in [1.54, 1.807) is 0 Å². The minimum absolute atomic E-state index is 0.0660. The Morgan fingerprint density at radius 2 is 1.15 bits per heavy atom. The van der Waals surface area contributed by atoms with Crippen LogP contribution in [0.25, 0.3) is 0 Å². The summed E-state index contributed by atoms with van der Waals surface area (Å²) in [5.41, 5.74) is 0. The van der Waals surface area contributed by atoms with Crippen LogP contribution in [0.4, 0.5) is 0 Å². The monoisotopic (exact) mass is 588 g/mol. The molecule has 40 heavy (non-hydrogen) atoms. The average molecular weight is 589 g/mol. The lowest BCUT2D eigenvalue weighted by atomic mass is 10.3. The molecule has 0 spiro atoms. The molecule has 0 fully saturated rings. The molecule has 0 bridgehead atoms. The van der Waals surface area contributed by atoms with E-state index in [4.69, 9.17) is 10.2 Å². The van der Waals surface area contributed by atoms with Crippen LogP contribution in [-0.2, 0) is 28.8 Å². The lowest BCUT2D eigenvalue weighted by Gasteiger charge is -2.26. The third-order valence-corrected chi connectivity index (χ3v) is 5.27. The van der Waals surface area contributed by atoms with Crippen molar-refractivity contribution in [1.29, 1.82) is 0 Å². The molecule has 0 aromatic carbocycles. The van der Waals surface area contributed by atoms with Gasteiger partial charge < -0.3 is 55.8 Å². The molecule has 0 saturated carbocycles. The molecule has 1 aliphatic heterocycles. The number of carboxylic acids is 4. The summed E-state index contributed by atoms with van der Waals surface area (Å²) < 4.78 is 0. The van der Waals surface area contributed by atoms with Crippen molar-refractivity contribution in [3.8, 4) is 0 Å². The van der Waals surface area contributed by atoms with Crippen LogP contribution in [0.1, 0.15) is 6.42 Å². The van der Waals surface area contributed by atoms with Gasteiger partial charge in [-0.25, -0.2) is 0 Å². The van der Waals surface area contributed by atoms with Crippen LogP contribution in [0, 0.1) is 0 Å². The highest BCUT2D eigenvalue weighted by molar-refractivity contribution is 7.81. The van der Waals surface area contributed by atoms with E-state index in [0.29, 0.717) is 0 Å². The molecule has 0 aliphatic carbocycles. The molecule has 2 atom stereocenters. The maximum atomic E-state index is 12.5. The number of nitrogens with one attached hydrogen (secondary N) is 2. The number of hydrogen-bond donors (Lipinski definition) is 8. The van der Waals surface area contributed by atoms with Crippen LogP contribution in [0.3, 0.4) is 0 Å². The van der Waals surface area contributed by atoms with E-state index in [-0.39, 0.29) is 13.1 Å². The van der Waals surface area contributed by atoms with E-state index < -0.39 is 86.3 Å². The van der Waals surface area contributed by atoms with E-state index >= 15 is 0 Å². The summed E-state index contributed by atoms with van der Waals surface area (Å²) in [4.78, 5) is 73.9. The highest BCUT2D eigenvalue weighted by Gasteiger charge is 2.18. The second kappa shape index (κ2) is 17.2. The summed E-state index contributed by atoms with van der Waals surface area (Å²) in [5, 5.41) is 49.6. The maximum absolute atomic E-state index is 12.5. The number of carboxylic acid groups (broad SMARTS) is 4. The lowest BCUT2D eigenvalue weighted by Crippen LogP contribution is -2.46. The summed E-state index contributed by atoms with van der Waals surface area (Å²) in [5.74, 6) is -6.26. The fourth-order valence-corrected chi connectivity index (χ4v) is 3.17. The zero-order valence-corrected chi connectivity index (χ0v) is 22.1. The molecule has 0 aromatic rings. The number of aliphatic hydroxyl groups excluding tert-OH is 1. The van der Waals surface area contributed by atoms with Crippen molar-refractivity contribution in [2.24, 2.45) is 0 Å². The first kappa shape index (κ1) is 33.6. The fraction of sp³-hybridized carbons (Fsp3) is 0.455. The summed E-state index contributed by atoms with van der Waals surface area (Å²) in [6.45, 7) is -2.07. The second-order valence-corrected chi connectivity index (χ2v) is 8.93. The SMILES string of the molecule is O=C(O)CN1/C=C\N(CC(=O)N[C@H](O)CNC(=O)C[C@H](S)C(=O)O)/C=C\N(CC(=O)O)CCN(CC(=O)O)/C=C/1. The van der Waals surface area contributed by atoms with Crippen molar-refractivity contribution in [3.63, 3.8) is 0 Å². The average Bonchev–Trinajstić information content (AvgIpc) is 2.83. The molecule has 1 rings (SSSR count). The molecule has 0 unspecified atom stereocenters. The number of nitrogens with zero attached hydrogens (tertiary/aromatic N) is 4. The first-order chi connectivity index (χ1) is 18.7. The number of carbonyl (C=O) groups excluding carboxylic acids is 2. The van der Waals surface area contributed by atoms with Crippen molar-refractivity contribution < 1.29 is 54.3 Å². The molecule has 2 amide bonds. The summed E-state index contributed by atoms with van der Waals surface area (Å²) >= 11 is 3.73. The predicted molar refractivity (Wildman–Crippen MR) is 139 cm³/mol. The molecule has 0 saturated heterocycles. The van der Waals surface area contributed by atoms with Gasteiger partial charge >= 0.3 is 23.9 Å². The quantitative estimate of drug-likeness (QED) is 0.0755. The fourth-order valence-electron chi connectivity index (χ4n) is 3.01. The number of aliphatic hydroxyl groups is 1. The van der Waals surface area contributed by atoms with Crippen molar-refractivity contribution in [2.45, 2.75) is 17.9 Å². The van der Waals surface area contributed by atoms with Gasteiger partial charge in [0.25, 0.3) is 0 Å². The number of thiol groups is 1. The molecule has 0 aromatic heterocycles. The van der Waals surface area contributed by atoms with Crippen LogP contribution < -0.4 is 10.6 Å². The lowest BCUT2D eigenvalue weighted by molar-refractivity contribution is -0.139. The van der Waals surface area contributed by atoms with E-state index in [9.17, 15) is 44.1 Å². The van der Waals surface area contributed by atoms with Gasteiger partial charge in [-0.1, -0.05) is 0 Å². The predicted octanol–water partition coefficient (Wildman–Crippen LogP) is -2.80. The zero-order chi connectivity index (χ0) is 30.2. The number of aliphatic carboxylic acids is 4. The van der Waals surface area contributed by atoms with Gasteiger partial charge in [0.05, 0.1) is 6.54 Å². The van der Waals surface area contributed by atoms with Crippen molar-refractivity contribution >= 4 is 48.3 Å². The minimum Gasteiger partial charge on any atom is -0.480 e. The topological polar surface area (TPSA) is 241 Å². The Bertz CT molecular complexity index is 1020. The Morgan fingerprint density at radius 1 is 0.700 bits per heavy atom. The van der Waals surface area contributed by atoms with Crippen LogP contribution in [0.5, 0.6) is 0 Å². The Morgan fingerprint density at radius 3 is 1.60 bits per heavy atom. The van der Waals surface area contributed by atoms with Crippen molar-refractivity contribution in [3.05, 3.63) is 37.2 Å². The summed E-state index contributed by atoms with van der Waals surface area (Å²) in [6.07, 6.45) is 5.95. The number of rotatable bonds is 14. The van der Waals surface area contributed by atoms with Gasteiger partial charge in [0.15, 0.2) is 0 Å². The Labute approximate surface area is 234 Å². The first-order valence-corrected chi connectivity index (χ1v) is 12.1. The smallest absolute Gasteiger partial charge is 0.323 e. The van der Waals surface area contributed by atoms with Crippen LogP contribution >= 0.6 is 12.6 Å². The van der Waals surface area contributed by atoms with Crippen molar-refractivity contribution in [2.75, 3.05) is 45.8 Å². The van der Waals surface area contributed by atoms with Gasteiger partial charge in [-0.2, -0.15) is 12.6 Å². The van der Waals surface area contributed by atoms with Gasteiger partial charge in [0, 0.05) is 56.7 Å². The first-order valence-electron chi connectivity index (χ1n) is 11.6. The van der Waals surface area contributed by atoms with E-state index in [1.807, 2.05) is 0 Å². The molecule has 1 aliphatic rings. The summed E-state index contributed by atoms with van der Waals surface area (Å²) in [7, 11) is 0. The molecular formula is C22H32N6O11S. The standard InChI is InChI=1S/C22H32N6O11S/c29-16(9-15(40)22(38)39)23-10-17(30)24-18(31)11-25-1-3-26(12-19(32)33)5-7-28(14-21(36)37)8-6-27(4-2-25)13-20(34)35/h1-5,7,15,17,30,40H,6,8-14H2,(H,23,29)(H,24,31)(H,32,33)(H,34,35)(H,36,37)(H,38,39)/b3-1-,4-2-,7-5+/t15-,17+/m0/s1. The Hall–Kier alpha value is -4.45. The largest absolute Gasteiger partial charge is 0.480 e. The van der Waals surface area contributed by atoms with Crippen molar-refractivity contribution in [1.82, 2.24) is 30.2 Å². The van der Waals surface area contributed by atoms with Gasteiger partial charge in [-0.15, -0.1) is 0 Å². The molecule has 17 nitrogen and oxygen atoms in total. The van der Waals surface area contributed by atoms with E-state index in [1.165, 1.54) is 56.8 Å². The second-order valence-electron chi connectivity index (χ2n) is 8.31. The Balaban J connectivity index is 3.00. The third-order valence-electron chi connectivity index (χ3n) is 4.87. The van der Waals surface area contributed by atoms with Gasteiger partial charge in [-0.3, -0.25) is 28.8 Å². The van der Waals surface area contributed by atoms with E-state index in [2.05, 4.69) is 23.3 Å². The number of hydrogen-bond acceptors (Lipinski definition) is 12. The van der Waals surface area contributed by atoms with Crippen LogP contribution in [-0.4, -0.2) is 138 Å². The van der Waals surface area contributed by atoms with Crippen LogP contribution in [0.2, 0.25) is 0 Å². The highest BCUT2D eigenvalue weighted by Crippen LogP contribution is 2.04. The molecule has 0 radical (unpaired) electrons. The number of amides is 2. The molecule has 1 heterocycles. The van der Waals surface area contributed by atoms with Gasteiger partial charge in [0.1, 0.15) is 37.7 Å².